The smallest absolute Gasteiger partial charge is 0.127 e. The van der Waals surface area contributed by atoms with Gasteiger partial charge in [0.25, 0.3) is 0 Å². The van der Waals surface area contributed by atoms with Crippen LogP contribution in [0.2, 0.25) is 0 Å². The number of hydrogen-bond donors (Lipinski definition) is 1. The second kappa shape index (κ2) is 4.54. The van der Waals surface area contributed by atoms with Gasteiger partial charge in [-0.15, -0.1) is 0 Å². The normalized spacial score (nSPS) is 21.4. The monoisotopic (exact) mass is 249 g/mol. The molecule has 0 radical (unpaired) electrons. The zero-order valence-corrected chi connectivity index (χ0v) is 10.6. The maximum atomic E-state index is 13.5. The molecule has 0 spiro atoms. The number of hydrogen-bond acceptors (Lipinski definition) is 2. The summed E-state index contributed by atoms with van der Waals surface area (Å²) < 4.78 is 19.2. The Kier molecular flexibility index (Phi) is 3.02. The highest BCUT2D eigenvalue weighted by atomic mass is 19.1. The predicted molar refractivity (Wildman–Crippen MR) is 69.1 cm³/mol. The Morgan fingerprint density at radius 2 is 2.06 bits per heavy atom. The molecule has 3 heteroatoms. The van der Waals surface area contributed by atoms with Crippen LogP contribution in [-0.2, 0) is 6.42 Å². The molecule has 2 aliphatic carbocycles. The summed E-state index contributed by atoms with van der Waals surface area (Å²) in [4.78, 5) is 0. The summed E-state index contributed by atoms with van der Waals surface area (Å²) in [5.74, 6) is 1.10. The van der Waals surface area contributed by atoms with Crippen LogP contribution in [0, 0.1) is 11.7 Å². The molecule has 0 heterocycles. The molecule has 0 bridgehead atoms. The van der Waals surface area contributed by atoms with Gasteiger partial charge in [-0.25, -0.2) is 4.39 Å². The molecular formula is C15H20FNO. The number of rotatable bonds is 5. The van der Waals surface area contributed by atoms with E-state index in [4.69, 9.17) is 10.5 Å². The summed E-state index contributed by atoms with van der Waals surface area (Å²) in [6.07, 6.45) is 6.63. The average Bonchev–Trinajstić information content (AvgIpc) is 2.92. The second-order valence-electron chi connectivity index (χ2n) is 5.94. The van der Waals surface area contributed by atoms with E-state index in [9.17, 15) is 4.39 Å². The fourth-order valence-corrected chi connectivity index (χ4v) is 2.42. The first kappa shape index (κ1) is 12.0. The Hall–Kier alpha value is -1.09. The van der Waals surface area contributed by atoms with Crippen LogP contribution in [0.25, 0.3) is 0 Å². The largest absolute Gasteiger partial charge is 0.493 e. The van der Waals surface area contributed by atoms with Crippen LogP contribution in [-0.4, -0.2) is 12.1 Å². The van der Waals surface area contributed by atoms with Crippen LogP contribution in [0.1, 0.15) is 37.7 Å². The Morgan fingerprint density at radius 3 is 2.67 bits per heavy atom. The molecule has 2 aliphatic rings. The van der Waals surface area contributed by atoms with Gasteiger partial charge in [0.05, 0.1) is 6.61 Å². The lowest BCUT2D eigenvalue weighted by atomic mass is 9.86. The first-order valence-corrected chi connectivity index (χ1v) is 6.84. The van der Waals surface area contributed by atoms with Crippen molar-refractivity contribution < 1.29 is 9.13 Å². The summed E-state index contributed by atoms with van der Waals surface area (Å²) >= 11 is 0. The minimum absolute atomic E-state index is 0.0843. The van der Waals surface area contributed by atoms with Crippen LogP contribution in [0.4, 0.5) is 4.39 Å². The van der Waals surface area contributed by atoms with Crippen molar-refractivity contribution in [1.29, 1.82) is 0 Å². The topological polar surface area (TPSA) is 35.2 Å². The van der Waals surface area contributed by atoms with Crippen LogP contribution in [0.3, 0.4) is 0 Å². The molecule has 0 aromatic heterocycles. The summed E-state index contributed by atoms with van der Waals surface area (Å²) in [6, 6.07) is 4.98. The Balaban J connectivity index is 1.64. The maximum absolute atomic E-state index is 13.5. The second-order valence-corrected chi connectivity index (χ2v) is 5.94. The third-order valence-electron chi connectivity index (χ3n) is 4.09. The van der Waals surface area contributed by atoms with Gasteiger partial charge in [0.15, 0.2) is 0 Å². The van der Waals surface area contributed by atoms with Crippen molar-refractivity contribution in [3.63, 3.8) is 0 Å². The minimum atomic E-state index is -0.222. The molecule has 2 fully saturated rings. The van der Waals surface area contributed by atoms with Gasteiger partial charge < -0.3 is 10.5 Å². The van der Waals surface area contributed by atoms with Crippen LogP contribution >= 0.6 is 0 Å². The molecule has 2 nitrogen and oxygen atoms in total. The van der Waals surface area contributed by atoms with Gasteiger partial charge in [-0.05, 0) is 55.7 Å². The van der Waals surface area contributed by atoms with E-state index in [2.05, 4.69) is 0 Å². The fourth-order valence-electron chi connectivity index (χ4n) is 2.42. The molecule has 2 N–H and O–H groups in total. The Morgan fingerprint density at radius 1 is 1.28 bits per heavy atom. The van der Waals surface area contributed by atoms with Gasteiger partial charge in [0.2, 0.25) is 0 Å². The number of ether oxygens (including phenoxy) is 1. The van der Waals surface area contributed by atoms with E-state index in [1.165, 1.54) is 25.3 Å². The molecule has 0 atom stereocenters. The van der Waals surface area contributed by atoms with Gasteiger partial charge in [0, 0.05) is 11.6 Å². The lowest BCUT2D eigenvalue weighted by molar-refractivity contribution is 0.180. The van der Waals surface area contributed by atoms with E-state index < -0.39 is 0 Å². The standard InChI is InChI=1S/C15H20FNO/c16-13-6-12(9-15(17)4-5-15)7-14(8-13)18-10-11-2-1-3-11/h6-8,11H,1-5,9-10,17H2. The SMILES string of the molecule is NC1(Cc2cc(F)cc(OCC3CCC3)c2)CC1. The van der Waals surface area contributed by atoms with Gasteiger partial charge in [-0.3, -0.25) is 0 Å². The molecular weight excluding hydrogens is 229 g/mol. The number of nitrogens with two attached hydrogens (primary N) is 1. The Bertz CT molecular complexity index is 438. The van der Waals surface area contributed by atoms with E-state index in [1.807, 2.05) is 6.07 Å². The van der Waals surface area contributed by atoms with Crippen LogP contribution in [0.15, 0.2) is 18.2 Å². The van der Waals surface area contributed by atoms with Crippen LogP contribution in [0.5, 0.6) is 5.75 Å². The quantitative estimate of drug-likeness (QED) is 0.870. The maximum Gasteiger partial charge on any atom is 0.127 e. The third kappa shape index (κ3) is 2.83. The molecule has 1 aromatic rings. The molecule has 0 aliphatic heterocycles. The first-order chi connectivity index (χ1) is 8.63. The highest BCUT2D eigenvalue weighted by Crippen LogP contribution is 2.36. The highest BCUT2D eigenvalue weighted by molar-refractivity contribution is 5.31. The van der Waals surface area contributed by atoms with E-state index in [0.29, 0.717) is 11.7 Å². The van der Waals surface area contributed by atoms with Crippen molar-refractivity contribution in [2.75, 3.05) is 6.61 Å². The molecule has 2 saturated carbocycles. The summed E-state index contributed by atoms with van der Waals surface area (Å²) in [6.45, 7) is 0.719. The molecule has 98 valence electrons. The minimum Gasteiger partial charge on any atom is -0.493 e. The van der Waals surface area contributed by atoms with Gasteiger partial charge >= 0.3 is 0 Å². The highest BCUT2D eigenvalue weighted by Gasteiger charge is 2.38. The van der Waals surface area contributed by atoms with E-state index in [0.717, 1.165) is 31.4 Å². The molecule has 0 saturated heterocycles. The molecule has 3 rings (SSSR count). The van der Waals surface area contributed by atoms with E-state index in [1.54, 1.807) is 6.07 Å². The zero-order valence-electron chi connectivity index (χ0n) is 10.6. The molecule has 0 unspecified atom stereocenters. The van der Waals surface area contributed by atoms with Gasteiger partial charge in [0.1, 0.15) is 11.6 Å². The molecule has 0 amide bonds. The summed E-state index contributed by atoms with van der Waals surface area (Å²) in [7, 11) is 0. The summed E-state index contributed by atoms with van der Waals surface area (Å²) in [5.41, 5.74) is 6.94. The zero-order chi connectivity index (χ0) is 12.6. The van der Waals surface area contributed by atoms with Crippen molar-refractivity contribution in [2.24, 2.45) is 11.7 Å². The van der Waals surface area contributed by atoms with Gasteiger partial charge in [-0.1, -0.05) is 6.42 Å². The number of halogens is 1. The average molecular weight is 249 g/mol. The summed E-state index contributed by atoms with van der Waals surface area (Å²) in [5, 5.41) is 0. The van der Waals surface area contributed by atoms with Crippen molar-refractivity contribution in [2.45, 2.75) is 44.1 Å². The van der Waals surface area contributed by atoms with Crippen molar-refractivity contribution >= 4 is 0 Å². The number of benzene rings is 1. The molecule has 18 heavy (non-hydrogen) atoms. The Labute approximate surface area is 107 Å². The van der Waals surface area contributed by atoms with E-state index >= 15 is 0 Å². The predicted octanol–water partition coefficient (Wildman–Crippen LogP) is 3.04. The lowest BCUT2D eigenvalue weighted by Crippen LogP contribution is -2.24. The molecule has 1 aromatic carbocycles. The first-order valence-electron chi connectivity index (χ1n) is 6.84. The van der Waals surface area contributed by atoms with Crippen molar-refractivity contribution in [1.82, 2.24) is 0 Å². The van der Waals surface area contributed by atoms with Gasteiger partial charge in [-0.2, -0.15) is 0 Å². The van der Waals surface area contributed by atoms with Crippen molar-refractivity contribution in [3.05, 3.63) is 29.6 Å². The third-order valence-corrected chi connectivity index (χ3v) is 4.09. The van der Waals surface area contributed by atoms with Crippen molar-refractivity contribution in [3.8, 4) is 5.75 Å². The van der Waals surface area contributed by atoms with E-state index in [-0.39, 0.29) is 11.4 Å². The lowest BCUT2D eigenvalue weighted by Gasteiger charge is -2.25. The van der Waals surface area contributed by atoms with Crippen LogP contribution < -0.4 is 10.5 Å². The fraction of sp³-hybridized carbons (Fsp3) is 0.600.